The van der Waals surface area contributed by atoms with Crippen LogP contribution in [0.4, 0.5) is 4.39 Å². The van der Waals surface area contributed by atoms with E-state index in [1.165, 1.54) is 0 Å². The van der Waals surface area contributed by atoms with Crippen LogP contribution in [0.25, 0.3) is 0 Å². The number of amides is 1. The summed E-state index contributed by atoms with van der Waals surface area (Å²) in [6.45, 7) is 0.975. The second kappa shape index (κ2) is 5.43. The fraction of sp³-hybridized carbons (Fsp3) is 0.750. The zero-order valence-electron chi connectivity index (χ0n) is 9.40. The van der Waals surface area contributed by atoms with Crippen molar-refractivity contribution in [1.29, 1.82) is 0 Å². The molecule has 0 aromatic carbocycles. The third-order valence-corrected chi connectivity index (χ3v) is 3.24. The van der Waals surface area contributed by atoms with Gasteiger partial charge in [-0.1, -0.05) is 12.2 Å². The molecule has 0 bridgehead atoms. The third kappa shape index (κ3) is 2.61. The summed E-state index contributed by atoms with van der Waals surface area (Å²) >= 11 is 0. The number of allylic oxidation sites excluding steroid dienone is 2. The largest absolute Gasteiger partial charge is 0.372 e. The summed E-state index contributed by atoms with van der Waals surface area (Å²) < 4.78 is 17.7. The van der Waals surface area contributed by atoms with Crippen LogP contribution in [0.5, 0.6) is 0 Å². The maximum atomic E-state index is 12.5. The number of carbonyl (C=O) groups is 1. The Morgan fingerprint density at radius 3 is 3.06 bits per heavy atom. The molecule has 1 aliphatic heterocycles. The number of carbonyl (C=O) groups excluding carboxylic acids is 1. The molecule has 90 valence electrons. The molecule has 1 heterocycles. The molecular weight excluding hydrogens is 209 g/mol. The lowest BCUT2D eigenvalue weighted by molar-refractivity contribution is -0.143. The zero-order chi connectivity index (χ0) is 11.4. The lowest BCUT2D eigenvalue weighted by atomic mass is 9.93. The predicted octanol–water partition coefficient (Wildman–Crippen LogP) is 1.54. The van der Waals surface area contributed by atoms with Crippen LogP contribution in [0.2, 0.25) is 0 Å². The molecule has 1 amide bonds. The number of rotatable bonds is 2. The first-order chi connectivity index (χ1) is 7.81. The molecule has 0 unspecified atom stereocenters. The Balaban J connectivity index is 1.90. The summed E-state index contributed by atoms with van der Waals surface area (Å²) in [6.07, 6.45) is 6.50. The summed E-state index contributed by atoms with van der Waals surface area (Å²) in [7, 11) is 0. The molecule has 3 nitrogen and oxygen atoms in total. The van der Waals surface area contributed by atoms with Crippen molar-refractivity contribution < 1.29 is 13.9 Å². The molecule has 2 rings (SSSR count). The van der Waals surface area contributed by atoms with E-state index in [2.05, 4.69) is 12.2 Å². The average molecular weight is 227 g/mol. The molecule has 0 aromatic heterocycles. The molecule has 16 heavy (non-hydrogen) atoms. The van der Waals surface area contributed by atoms with E-state index in [9.17, 15) is 9.18 Å². The van der Waals surface area contributed by atoms with Crippen LogP contribution in [-0.2, 0) is 9.53 Å². The number of ether oxygens (including phenoxy) is 1. The van der Waals surface area contributed by atoms with Gasteiger partial charge in [-0.2, -0.15) is 0 Å². The SMILES string of the molecule is O=C([C@H]1CC=CCC1)N1CCO[C@H](CF)C1. The van der Waals surface area contributed by atoms with Crippen LogP contribution < -0.4 is 0 Å². The summed E-state index contributed by atoms with van der Waals surface area (Å²) in [5, 5.41) is 0. The molecule has 0 aromatic rings. The average Bonchev–Trinajstić information content (AvgIpc) is 2.39. The van der Waals surface area contributed by atoms with Crippen LogP contribution in [0.3, 0.4) is 0 Å². The Morgan fingerprint density at radius 2 is 2.38 bits per heavy atom. The highest BCUT2D eigenvalue weighted by atomic mass is 19.1. The highest BCUT2D eigenvalue weighted by Crippen LogP contribution is 2.21. The number of morpholine rings is 1. The summed E-state index contributed by atoms with van der Waals surface area (Å²) in [4.78, 5) is 13.9. The van der Waals surface area contributed by atoms with Gasteiger partial charge in [0.15, 0.2) is 0 Å². The Labute approximate surface area is 95.3 Å². The number of halogens is 1. The molecular formula is C12H18FNO2. The van der Waals surface area contributed by atoms with E-state index in [0.29, 0.717) is 19.7 Å². The first-order valence-corrected chi connectivity index (χ1v) is 5.92. The maximum absolute atomic E-state index is 12.5. The molecule has 2 atom stereocenters. The first-order valence-electron chi connectivity index (χ1n) is 5.92. The van der Waals surface area contributed by atoms with Crippen LogP contribution in [0, 0.1) is 5.92 Å². The monoisotopic (exact) mass is 227 g/mol. The standard InChI is InChI=1S/C12H18FNO2/c13-8-11-9-14(6-7-16-11)12(15)10-4-2-1-3-5-10/h1-2,10-11H,3-9H2/t10-,11+/m0/s1. The Bertz CT molecular complexity index is 280. The second-order valence-electron chi connectivity index (χ2n) is 4.41. The molecule has 0 spiro atoms. The normalized spacial score (nSPS) is 30.4. The van der Waals surface area contributed by atoms with E-state index in [1.807, 2.05) is 0 Å². The topological polar surface area (TPSA) is 29.5 Å². The van der Waals surface area contributed by atoms with Crippen molar-refractivity contribution in [3.63, 3.8) is 0 Å². The van der Waals surface area contributed by atoms with Gasteiger partial charge in [-0.05, 0) is 19.3 Å². The van der Waals surface area contributed by atoms with Crippen LogP contribution in [0.1, 0.15) is 19.3 Å². The lowest BCUT2D eigenvalue weighted by Gasteiger charge is -2.34. The number of alkyl halides is 1. The van der Waals surface area contributed by atoms with Crippen molar-refractivity contribution in [2.75, 3.05) is 26.4 Å². The minimum absolute atomic E-state index is 0.100. The van der Waals surface area contributed by atoms with Gasteiger partial charge in [0.05, 0.1) is 6.61 Å². The van der Waals surface area contributed by atoms with E-state index in [0.717, 1.165) is 19.3 Å². The van der Waals surface area contributed by atoms with E-state index < -0.39 is 12.8 Å². The number of hydrogen-bond donors (Lipinski definition) is 0. The second-order valence-corrected chi connectivity index (χ2v) is 4.41. The smallest absolute Gasteiger partial charge is 0.226 e. The van der Waals surface area contributed by atoms with Crippen LogP contribution in [0.15, 0.2) is 12.2 Å². The van der Waals surface area contributed by atoms with Gasteiger partial charge in [0.2, 0.25) is 5.91 Å². The van der Waals surface area contributed by atoms with Gasteiger partial charge in [0.25, 0.3) is 0 Å². The van der Waals surface area contributed by atoms with Gasteiger partial charge in [0, 0.05) is 19.0 Å². The van der Waals surface area contributed by atoms with Gasteiger partial charge < -0.3 is 9.64 Å². The molecule has 4 heteroatoms. The van der Waals surface area contributed by atoms with Gasteiger partial charge in [0.1, 0.15) is 12.8 Å². The molecule has 1 aliphatic carbocycles. The molecule has 0 saturated carbocycles. The quantitative estimate of drug-likeness (QED) is 0.670. The zero-order valence-corrected chi connectivity index (χ0v) is 9.40. The molecule has 0 radical (unpaired) electrons. The van der Waals surface area contributed by atoms with E-state index in [1.54, 1.807) is 4.90 Å². The summed E-state index contributed by atoms with van der Waals surface area (Å²) in [5.74, 6) is 0.273. The predicted molar refractivity (Wildman–Crippen MR) is 58.8 cm³/mol. The van der Waals surface area contributed by atoms with Crippen molar-refractivity contribution >= 4 is 5.91 Å². The van der Waals surface area contributed by atoms with Gasteiger partial charge >= 0.3 is 0 Å². The number of nitrogens with zero attached hydrogens (tertiary/aromatic N) is 1. The van der Waals surface area contributed by atoms with Crippen LogP contribution >= 0.6 is 0 Å². The van der Waals surface area contributed by atoms with Crippen molar-refractivity contribution in [3.8, 4) is 0 Å². The third-order valence-electron chi connectivity index (χ3n) is 3.24. The van der Waals surface area contributed by atoms with Gasteiger partial charge in [-0.3, -0.25) is 4.79 Å². The fourth-order valence-corrected chi connectivity index (χ4v) is 2.29. The van der Waals surface area contributed by atoms with Crippen molar-refractivity contribution in [3.05, 3.63) is 12.2 Å². The van der Waals surface area contributed by atoms with Crippen LogP contribution in [-0.4, -0.2) is 43.3 Å². The van der Waals surface area contributed by atoms with Gasteiger partial charge in [-0.25, -0.2) is 4.39 Å². The Hall–Kier alpha value is -0.900. The lowest BCUT2D eigenvalue weighted by Crippen LogP contribution is -2.48. The molecule has 2 aliphatic rings. The number of hydrogen-bond acceptors (Lipinski definition) is 2. The Morgan fingerprint density at radius 1 is 1.50 bits per heavy atom. The molecule has 1 fully saturated rings. The van der Waals surface area contributed by atoms with Crippen molar-refractivity contribution in [2.45, 2.75) is 25.4 Å². The fourth-order valence-electron chi connectivity index (χ4n) is 2.29. The van der Waals surface area contributed by atoms with E-state index >= 15 is 0 Å². The summed E-state index contributed by atoms with van der Waals surface area (Å²) in [6, 6.07) is 0. The minimum atomic E-state index is -0.506. The first kappa shape index (κ1) is 11.6. The highest BCUT2D eigenvalue weighted by molar-refractivity contribution is 5.79. The summed E-state index contributed by atoms with van der Waals surface area (Å²) in [5.41, 5.74) is 0. The van der Waals surface area contributed by atoms with Crippen molar-refractivity contribution in [2.24, 2.45) is 5.92 Å². The van der Waals surface area contributed by atoms with E-state index in [-0.39, 0.29) is 11.8 Å². The minimum Gasteiger partial charge on any atom is -0.372 e. The Kier molecular flexibility index (Phi) is 3.93. The molecule has 1 saturated heterocycles. The van der Waals surface area contributed by atoms with E-state index in [4.69, 9.17) is 4.74 Å². The van der Waals surface area contributed by atoms with Gasteiger partial charge in [-0.15, -0.1) is 0 Å². The molecule has 0 N–H and O–H groups in total. The maximum Gasteiger partial charge on any atom is 0.226 e. The van der Waals surface area contributed by atoms with Crippen molar-refractivity contribution in [1.82, 2.24) is 4.90 Å². The highest BCUT2D eigenvalue weighted by Gasteiger charge is 2.29.